The first-order valence-electron chi connectivity index (χ1n) is 8.55. The van der Waals surface area contributed by atoms with E-state index in [-0.39, 0.29) is 5.56 Å². The van der Waals surface area contributed by atoms with Gasteiger partial charge in [0.2, 0.25) is 0 Å². The van der Waals surface area contributed by atoms with Gasteiger partial charge in [0, 0.05) is 20.0 Å². The summed E-state index contributed by atoms with van der Waals surface area (Å²) in [6.45, 7) is 3.41. The number of nitrogens with zero attached hydrogens (tertiary/aromatic N) is 5. The summed E-state index contributed by atoms with van der Waals surface area (Å²) in [5.74, 6) is 1.60. The lowest BCUT2D eigenvalue weighted by molar-refractivity contribution is 0.320. The summed E-state index contributed by atoms with van der Waals surface area (Å²) >= 11 is 0. The molecule has 26 heavy (non-hydrogen) atoms. The van der Waals surface area contributed by atoms with Crippen molar-refractivity contribution in [1.29, 1.82) is 0 Å². The molecule has 3 aromatic heterocycles. The Morgan fingerprint density at radius 2 is 2.04 bits per heavy atom. The first kappa shape index (κ1) is 16.5. The molecule has 4 rings (SSSR count). The van der Waals surface area contributed by atoms with Crippen molar-refractivity contribution in [3.05, 3.63) is 52.0 Å². The lowest BCUT2D eigenvalue weighted by Crippen LogP contribution is -2.24. The van der Waals surface area contributed by atoms with Crippen LogP contribution in [0.15, 0.2) is 29.2 Å². The molecule has 0 radical (unpaired) electrons. The van der Waals surface area contributed by atoms with Crippen molar-refractivity contribution in [2.45, 2.75) is 19.9 Å². The van der Waals surface area contributed by atoms with Crippen molar-refractivity contribution in [2.24, 2.45) is 7.05 Å². The molecule has 3 heterocycles. The maximum atomic E-state index is 12.1. The molecule has 0 atom stereocenters. The van der Waals surface area contributed by atoms with Gasteiger partial charge in [0.1, 0.15) is 17.0 Å². The number of nitrogens with one attached hydrogen (secondary N) is 2. The van der Waals surface area contributed by atoms with Gasteiger partial charge in [-0.3, -0.25) is 14.4 Å². The maximum Gasteiger partial charge on any atom is 0.262 e. The van der Waals surface area contributed by atoms with Crippen LogP contribution in [0.5, 0.6) is 0 Å². The van der Waals surface area contributed by atoms with Gasteiger partial charge in [0.25, 0.3) is 5.56 Å². The fourth-order valence-electron chi connectivity index (χ4n) is 3.13. The van der Waals surface area contributed by atoms with E-state index in [4.69, 9.17) is 0 Å². The normalized spacial score (nSPS) is 11.8. The van der Waals surface area contributed by atoms with E-state index in [0.29, 0.717) is 23.4 Å². The molecular formula is C18H21N7O. The number of rotatable bonds is 5. The lowest BCUT2D eigenvalue weighted by atomic mass is 10.2. The summed E-state index contributed by atoms with van der Waals surface area (Å²) in [5, 5.41) is 4.60. The number of H-pyrrole nitrogens is 2. The molecule has 2 N–H and O–H groups in total. The molecule has 0 aliphatic rings. The summed E-state index contributed by atoms with van der Waals surface area (Å²) in [7, 11) is 3.78. The molecule has 0 saturated carbocycles. The van der Waals surface area contributed by atoms with Crippen molar-refractivity contribution in [2.75, 3.05) is 13.6 Å². The van der Waals surface area contributed by atoms with Gasteiger partial charge in [0.15, 0.2) is 5.65 Å². The Labute approximate surface area is 149 Å². The Hall–Kier alpha value is -3.00. The smallest absolute Gasteiger partial charge is 0.262 e. The van der Waals surface area contributed by atoms with Crippen LogP contribution in [-0.4, -0.2) is 48.2 Å². The van der Waals surface area contributed by atoms with Crippen LogP contribution in [0.2, 0.25) is 0 Å². The topological polar surface area (TPSA) is 95.5 Å². The molecule has 4 aromatic rings. The number of hydrogen-bond donors (Lipinski definition) is 2. The van der Waals surface area contributed by atoms with Gasteiger partial charge in [-0.15, -0.1) is 0 Å². The number of benzene rings is 1. The molecule has 0 bridgehead atoms. The zero-order chi connectivity index (χ0) is 18.3. The SMILES string of the molecule is Cc1cccc2[nH]c(CCN(C)Cc3nc4c(cnn4C)c(=O)[nH]3)nc12. The van der Waals surface area contributed by atoms with Gasteiger partial charge in [-0.25, -0.2) is 9.97 Å². The van der Waals surface area contributed by atoms with Crippen molar-refractivity contribution in [3.63, 3.8) is 0 Å². The molecule has 0 saturated heterocycles. The predicted molar refractivity (Wildman–Crippen MR) is 100.0 cm³/mol. The Kier molecular flexibility index (Phi) is 4.04. The van der Waals surface area contributed by atoms with E-state index >= 15 is 0 Å². The monoisotopic (exact) mass is 351 g/mol. The summed E-state index contributed by atoms with van der Waals surface area (Å²) in [6, 6.07) is 6.14. The van der Waals surface area contributed by atoms with Crippen LogP contribution < -0.4 is 5.56 Å². The molecule has 0 spiro atoms. The van der Waals surface area contributed by atoms with Crippen molar-refractivity contribution in [3.8, 4) is 0 Å². The second-order valence-electron chi connectivity index (χ2n) is 6.66. The van der Waals surface area contributed by atoms with Gasteiger partial charge in [0.05, 0.1) is 23.8 Å². The summed E-state index contributed by atoms with van der Waals surface area (Å²) < 4.78 is 1.62. The van der Waals surface area contributed by atoms with Crippen molar-refractivity contribution >= 4 is 22.1 Å². The number of imidazole rings is 1. The molecule has 8 heteroatoms. The number of fused-ring (bicyclic) bond motifs is 2. The molecule has 8 nitrogen and oxygen atoms in total. The number of aromatic amines is 2. The zero-order valence-corrected chi connectivity index (χ0v) is 15.1. The van der Waals surface area contributed by atoms with Crippen molar-refractivity contribution in [1.82, 2.24) is 34.6 Å². The van der Waals surface area contributed by atoms with Crippen LogP contribution in [0.3, 0.4) is 0 Å². The van der Waals surface area contributed by atoms with Gasteiger partial charge < -0.3 is 9.97 Å². The van der Waals surface area contributed by atoms with Crippen LogP contribution in [0.1, 0.15) is 17.2 Å². The minimum Gasteiger partial charge on any atom is -0.342 e. The van der Waals surface area contributed by atoms with Crippen LogP contribution in [0, 0.1) is 6.92 Å². The van der Waals surface area contributed by atoms with E-state index in [1.165, 1.54) is 11.8 Å². The minimum absolute atomic E-state index is 0.153. The highest BCUT2D eigenvalue weighted by Crippen LogP contribution is 2.15. The van der Waals surface area contributed by atoms with Crippen LogP contribution in [-0.2, 0) is 20.0 Å². The van der Waals surface area contributed by atoms with E-state index < -0.39 is 0 Å². The molecule has 1 aromatic carbocycles. The quantitative estimate of drug-likeness (QED) is 0.568. The molecule has 0 unspecified atom stereocenters. The fraction of sp³-hybridized carbons (Fsp3) is 0.333. The highest BCUT2D eigenvalue weighted by atomic mass is 16.1. The van der Waals surface area contributed by atoms with Gasteiger partial charge >= 0.3 is 0 Å². The minimum atomic E-state index is -0.153. The number of hydrogen-bond acceptors (Lipinski definition) is 5. The molecular weight excluding hydrogens is 330 g/mol. The highest BCUT2D eigenvalue weighted by molar-refractivity contribution is 5.78. The summed E-state index contributed by atoms with van der Waals surface area (Å²) in [5.41, 5.74) is 3.71. The number of aryl methyl sites for hydroxylation is 2. The molecule has 134 valence electrons. The molecule has 0 amide bonds. The van der Waals surface area contributed by atoms with E-state index in [2.05, 4.69) is 42.9 Å². The Balaban J connectivity index is 1.46. The Bertz CT molecular complexity index is 1140. The zero-order valence-electron chi connectivity index (χ0n) is 15.1. The van der Waals surface area contributed by atoms with E-state index in [1.807, 2.05) is 19.2 Å². The average Bonchev–Trinajstić information content (AvgIpc) is 3.18. The lowest BCUT2D eigenvalue weighted by Gasteiger charge is -2.15. The second kappa shape index (κ2) is 6.38. The van der Waals surface area contributed by atoms with Gasteiger partial charge in [-0.1, -0.05) is 12.1 Å². The maximum absolute atomic E-state index is 12.1. The first-order valence-corrected chi connectivity index (χ1v) is 8.55. The van der Waals surface area contributed by atoms with Crippen molar-refractivity contribution < 1.29 is 0 Å². The first-order chi connectivity index (χ1) is 12.5. The number of para-hydroxylation sites is 1. The third-order valence-electron chi connectivity index (χ3n) is 4.56. The third kappa shape index (κ3) is 2.99. The Morgan fingerprint density at radius 1 is 1.19 bits per heavy atom. The van der Waals surface area contributed by atoms with E-state index in [1.54, 1.807) is 11.7 Å². The standard InChI is InChI=1S/C18H21N7O/c1-11-5-4-6-13-16(11)21-14(20-13)7-8-24(2)10-15-22-17-12(18(26)23-15)9-19-25(17)3/h4-6,9H,7-8,10H2,1-3H3,(H,20,21)(H,22,23,26). The molecule has 0 aliphatic heterocycles. The predicted octanol–water partition coefficient (Wildman–Crippen LogP) is 1.52. The Morgan fingerprint density at radius 3 is 2.85 bits per heavy atom. The van der Waals surface area contributed by atoms with Gasteiger partial charge in [-0.05, 0) is 25.6 Å². The number of likely N-dealkylation sites (N-methyl/N-ethyl adjacent to an activating group) is 1. The molecule has 0 aliphatic carbocycles. The van der Waals surface area contributed by atoms with Gasteiger partial charge in [-0.2, -0.15) is 5.10 Å². The second-order valence-corrected chi connectivity index (χ2v) is 6.66. The van der Waals surface area contributed by atoms with Crippen LogP contribution in [0.4, 0.5) is 0 Å². The average molecular weight is 351 g/mol. The van der Waals surface area contributed by atoms with Crippen LogP contribution >= 0.6 is 0 Å². The highest BCUT2D eigenvalue weighted by Gasteiger charge is 2.11. The fourth-order valence-corrected chi connectivity index (χ4v) is 3.13. The third-order valence-corrected chi connectivity index (χ3v) is 4.56. The largest absolute Gasteiger partial charge is 0.342 e. The van der Waals surface area contributed by atoms with E-state index in [9.17, 15) is 4.79 Å². The van der Waals surface area contributed by atoms with E-state index in [0.717, 1.165) is 29.8 Å². The molecule has 0 fully saturated rings. The van der Waals surface area contributed by atoms with Crippen LogP contribution in [0.25, 0.3) is 22.1 Å². The summed E-state index contributed by atoms with van der Waals surface area (Å²) in [6.07, 6.45) is 2.33. The summed E-state index contributed by atoms with van der Waals surface area (Å²) in [4.78, 5) is 29.6. The number of aromatic nitrogens is 6.